The van der Waals surface area contributed by atoms with Crippen LogP contribution in [0.25, 0.3) is 0 Å². The van der Waals surface area contributed by atoms with E-state index in [0.717, 1.165) is 18.4 Å². The number of unbranched alkanes of at least 4 members (excludes halogenated alkanes) is 4. The van der Waals surface area contributed by atoms with E-state index >= 15 is 0 Å². The van der Waals surface area contributed by atoms with Crippen molar-refractivity contribution < 1.29 is 14.3 Å². The maximum absolute atomic E-state index is 11.7. The molecule has 0 radical (unpaired) electrons. The molecule has 0 spiro atoms. The van der Waals surface area contributed by atoms with Crippen molar-refractivity contribution in [1.29, 1.82) is 0 Å². The van der Waals surface area contributed by atoms with E-state index in [1.54, 1.807) is 6.92 Å². The van der Waals surface area contributed by atoms with Gasteiger partial charge in [0.2, 0.25) is 0 Å². The molecule has 0 N–H and O–H groups in total. The second kappa shape index (κ2) is 6.46. The minimum absolute atomic E-state index is 0.0449. The highest BCUT2D eigenvalue weighted by Crippen LogP contribution is 2.18. The molecule has 3 nitrogen and oxygen atoms in total. The van der Waals surface area contributed by atoms with Crippen molar-refractivity contribution in [3.63, 3.8) is 0 Å². The average molecular weight is 224 g/mol. The lowest BCUT2D eigenvalue weighted by Crippen LogP contribution is -2.10. The van der Waals surface area contributed by atoms with E-state index in [0.29, 0.717) is 12.0 Å². The number of ether oxygens (including phenoxy) is 1. The molecule has 0 bridgehead atoms. The van der Waals surface area contributed by atoms with Crippen molar-refractivity contribution in [1.82, 2.24) is 0 Å². The van der Waals surface area contributed by atoms with Crippen molar-refractivity contribution in [3.05, 3.63) is 11.1 Å². The summed E-state index contributed by atoms with van der Waals surface area (Å²) in [5, 5.41) is 0. The summed E-state index contributed by atoms with van der Waals surface area (Å²) in [6, 6.07) is 0. The van der Waals surface area contributed by atoms with Gasteiger partial charge in [-0.05, 0) is 18.9 Å². The summed E-state index contributed by atoms with van der Waals surface area (Å²) in [6.07, 6.45) is 6.02. The molecule has 0 aliphatic carbocycles. The van der Waals surface area contributed by atoms with Gasteiger partial charge in [0.05, 0.1) is 0 Å². The van der Waals surface area contributed by atoms with E-state index in [1.165, 1.54) is 19.3 Å². The molecule has 1 aliphatic heterocycles. The molecule has 1 aliphatic rings. The first-order valence-corrected chi connectivity index (χ1v) is 6.07. The van der Waals surface area contributed by atoms with Gasteiger partial charge in [0, 0.05) is 6.42 Å². The Morgan fingerprint density at radius 2 is 1.94 bits per heavy atom. The summed E-state index contributed by atoms with van der Waals surface area (Å²) in [6.45, 7) is 4.23. The van der Waals surface area contributed by atoms with Crippen molar-refractivity contribution in [3.8, 4) is 0 Å². The minimum Gasteiger partial charge on any atom is -0.457 e. The van der Waals surface area contributed by atoms with Gasteiger partial charge in [-0.15, -0.1) is 0 Å². The maximum Gasteiger partial charge on any atom is 0.342 e. The SMILES string of the molecule is CCCCCCCC(=O)C1=C(C)COC1=O. The van der Waals surface area contributed by atoms with E-state index in [2.05, 4.69) is 6.92 Å². The maximum atomic E-state index is 11.7. The zero-order chi connectivity index (χ0) is 12.0. The highest BCUT2D eigenvalue weighted by Gasteiger charge is 2.27. The monoisotopic (exact) mass is 224 g/mol. The molecule has 0 saturated heterocycles. The van der Waals surface area contributed by atoms with Gasteiger partial charge in [0.1, 0.15) is 12.2 Å². The first-order valence-electron chi connectivity index (χ1n) is 6.07. The van der Waals surface area contributed by atoms with E-state index in [4.69, 9.17) is 4.74 Å². The molecule has 0 aromatic heterocycles. The van der Waals surface area contributed by atoms with Crippen LogP contribution in [0, 0.1) is 0 Å². The Bertz CT molecular complexity index is 302. The molecule has 0 saturated carbocycles. The predicted molar refractivity (Wildman–Crippen MR) is 62.0 cm³/mol. The molecular weight excluding hydrogens is 204 g/mol. The fourth-order valence-corrected chi connectivity index (χ4v) is 1.86. The number of Topliss-reactive ketones (excluding diaryl/α,β-unsaturated/α-hetero) is 1. The standard InChI is InChI=1S/C13H20O3/c1-3-4-5-6-7-8-11(14)12-10(2)9-16-13(12)15/h3-9H2,1-2H3. The Kier molecular flexibility index (Phi) is 5.23. The lowest BCUT2D eigenvalue weighted by atomic mass is 10.0. The third-order valence-electron chi connectivity index (χ3n) is 2.84. The van der Waals surface area contributed by atoms with Crippen LogP contribution in [0.5, 0.6) is 0 Å². The van der Waals surface area contributed by atoms with Crippen LogP contribution < -0.4 is 0 Å². The molecule has 0 unspecified atom stereocenters. The third kappa shape index (κ3) is 3.47. The quantitative estimate of drug-likeness (QED) is 0.379. The van der Waals surface area contributed by atoms with Crippen LogP contribution in [-0.4, -0.2) is 18.4 Å². The largest absolute Gasteiger partial charge is 0.457 e. The lowest BCUT2D eigenvalue weighted by molar-refractivity contribution is -0.137. The van der Waals surface area contributed by atoms with Gasteiger partial charge < -0.3 is 4.74 Å². The van der Waals surface area contributed by atoms with Gasteiger partial charge in [0.25, 0.3) is 0 Å². The molecule has 0 aromatic rings. The number of hydrogen-bond donors (Lipinski definition) is 0. The third-order valence-corrected chi connectivity index (χ3v) is 2.84. The summed E-state index contributed by atoms with van der Waals surface area (Å²) in [5.41, 5.74) is 1.08. The van der Waals surface area contributed by atoms with Crippen LogP contribution in [0.2, 0.25) is 0 Å². The zero-order valence-corrected chi connectivity index (χ0v) is 10.2. The highest BCUT2D eigenvalue weighted by molar-refractivity contribution is 6.19. The lowest BCUT2D eigenvalue weighted by Gasteiger charge is -2.00. The van der Waals surface area contributed by atoms with Crippen LogP contribution in [0.4, 0.5) is 0 Å². The number of rotatable bonds is 7. The molecule has 0 amide bonds. The van der Waals surface area contributed by atoms with Crippen LogP contribution in [0.1, 0.15) is 52.4 Å². The van der Waals surface area contributed by atoms with Gasteiger partial charge in [-0.3, -0.25) is 4.79 Å². The number of ketones is 1. The van der Waals surface area contributed by atoms with E-state index in [-0.39, 0.29) is 12.4 Å². The second-order valence-electron chi connectivity index (χ2n) is 4.32. The van der Waals surface area contributed by atoms with Gasteiger partial charge >= 0.3 is 5.97 Å². The Morgan fingerprint density at radius 3 is 2.50 bits per heavy atom. The van der Waals surface area contributed by atoms with Crippen molar-refractivity contribution >= 4 is 11.8 Å². The zero-order valence-electron chi connectivity index (χ0n) is 10.2. The van der Waals surface area contributed by atoms with Crippen LogP contribution in [-0.2, 0) is 14.3 Å². The van der Waals surface area contributed by atoms with Crippen LogP contribution in [0.3, 0.4) is 0 Å². The van der Waals surface area contributed by atoms with Gasteiger partial charge in [-0.25, -0.2) is 4.79 Å². The summed E-state index contributed by atoms with van der Waals surface area (Å²) in [5.74, 6) is -0.479. The first kappa shape index (κ1) is 12.9. The van der Waals surface area contributed by atoms with Crippen molar-refractivity contribution in [2.75, 3.05) is 6.61 Å². The molecular formula is C13H20O3. The van der Waals surface area contributed by atoms with E-state index < -0.39 is 5.97 Å². The highest BCUT2D eigenvalue weighted by atomic mass is 16.5. The smallest absolute Gasteiger partial charge is 0.342 e. The van der Waals surface area contributed by atoms with Crippen molar-refractivity contribution in [2.24, 2.45) is 0 Å². The number of cyclic esters (lactones) is 1. The van der Waals surface area contributed by atoms with Gasteiger partial charge in [-0.1, -0.05) is 32.6 Å². The molecule has 90 valence electrons. The summed E-state index contributed by atoms with van der Waals surface area (Å²) >= 11 is 0. The molecule has 0 atom stereocenters. The number of carbonyl (C=O) groups excluding carboxylic acids is 2. The second-order valence-corrected chi connectivity index (χ2v) is 4.32. The molecule has 0 aromatic carbocycles. The summed E-state index contributed by atoms with van der Waals surface area (Å²) < 4.78 is 4.81. The fourth-order valence-electron chi connectivity index (χ4n) is 1.86. The number of hydrogen-bond acceptors (Lipinski definition) is 3. The van der Waals surface area contributed by atoms with E-state index in [1.807, 2.05) is 0 Å². The summed E-state index contributed by atoms with van der Waals surface area (Å²) in [7, 11) is 0. The molecule has 1 heterocycles. The van der Waals surface area contributed by atoms with Gasteiger partial charge in [0.15, 0.2) is 5.78 Å². The number of esters is 1. The van der Waals surface area contributed by atoms with Crippen LogP contribution in [0.15, 0.2) is 11.1 Å². The normalized spacial score (nSPS) is 15.5. The number of carbonyl (C=O) groups is 2. The first-order chi connectivity index (χ1) is 7.66. The predicted octanol–water partition coefficient (Wildman–Crippen LogP) is 2.79. The molecule has 3 heteroatoms. The Hall–Kier alpha value is -1.12. The Balaban J connectivity index is 2.30. The fraction of sp³-hybridized carbons (Fsp3) is 0.692. The Labute approximate surface area is 96.9 Å². The molecule has 1 rings (SSSR count). The van der Waals surface area contributed by atoms with Gasteiger partial charge in [-0.2, -0.15) is 0 Å². The average Bonchev–Trinajstić information content (AvgIpc) is 2.58. The Morgan fingerprint density at radius 1 is 1.25 bits per heavy atom. The minimum atomic E-state index is -0.434. The molecule has 16 heavy (non-hydrogen) atoms. The topological polar surface area (TPSA) is 43.4 Å². The van der Waals surface area contributed by atoms with Crippen molar-refractivity contribution in [2.45, 2.75) is 52.4 Å². The van der Waals surface area contributed by atoms with E-state index in [9.17, 15) is 9.59 Å². The molecule has 0 fully saturated rings. The van der Waals surface area contributed by atoms with Crippen LogP contribution >= 0.6 is 0 Å². The summed E-state index contributed by atoms with van der Waals surface area (Å²) in [4.78, 5) is 23.0.